The van der Waals surface area contributed by atoms with Crippen LogP contribution in [0.5, 0.6) is 5.75 Å². The molecule has 3 heterocycles. The van der Waals surface area contributed by atoms with Crippen molar-refractivity contribution in [2.24, 2.45) is 0 Å². The van der Waals surface area contributed by atoms with Gasteiger partial charge < -0.3 is 25.4 Å². The minimum absolute atomic E-state index is 0.00345. The molecule has 0 aliphatic carbocycles. The van der Waals surface area contributed by atoms with Gasteiger partial charge in [0.2, 0.25) is 17.8 Å². The molecule has 0 bridgehead atoms. The molecule has 2 aliphatic rings. The standard InChI is InChI=1S/C30H34ClN5O4/c1-30(2)27-19(5-4-6-24(27)33-28(30)39)7-9-22-21(31)16-32-29(34-22)35-23-10-8-20(15-25(23)40-3)18-11-13-36(14-12-18)26(38)17-37/h4-6,8,10,15-16,18,37H,7,9,11-14,17H2,1-3H3,(H,33,39)(H,32,34,35). The van der Waals surface area contributed by atoms with Gasteiger partial charge in [-0.05, 0) is 80.3 Å². The summed E-state index contributed by atoms with van der Waals surface area (Å²) >= 11 is 6.48. The van der Waals surface area contributed by atoms with Gasteiger partial charge in [-0.1, -0.05) is 29.8 Å². The van der Waals surface area contributed by atoms with Gasteiger partial charge in [0.15, 0.2) is 0 Å². The number of carbonyl (C=O) groups is 2. The lowest BCUT2D eigenvalue weighted by Crippen LogP contribution is -2.39. The molecule has 0 saturated carbocycles. The molecular weight excluding hydrogens is 530 g/mol. The summed E-state index contributed by atoms with van der Waals surface area (Å²) in [6.07, 6.45) is 4.52. The number of fused-ring (bicyclic) bond motifs is 1. The van der Waals surface area contributed by atoms with E-state index in [4.69, 9.17) is 26.4 Å². The largest absolute Gasteiger partial charge is 0.495 e. The molecule has 2 aliphatic heterocycles. The molecule has 0 atom stereocenters. The lowest BCUT2D eigenvalue weighted by Gasteiger charge is -2.32. The van der Waals surface area contributed by atoms with E-state index >= 15 is 0 Å². The number of likely N-dealkylation sites (tertiary alicyclic amines) is 1. The fourth-order valence-electron chi connectivity index (χ4n) is 5.68. The zero-order valence-corrected chi connectivity index (χ0v) is 23.7. The quantitative estimate of drug-likeness (QED) is 0.367. The van der Waals surface area contributed by atoms with E-state index in [2.05, 4.69) is 27.8 Å². The lowest BCUT2D eigenvalue weighted by atomic mass is 9.82. The number of anilines is 3. The molecule has 1 saturated heterocycles. The normalized spacial score (nSPS) is 16.4. The molecule has 1 aromatic heterocycles. The average Bonchev–Trinajstić information content (AvgIpc) is 3.21. The monoisotopic (exact) mass is 563 g/mol. The lowest BCUT2D eigenvalue weighted by molar-refractivity contribution is -0.135. The smallest absolute Gasteiger partial charge is 0.248 e. The summed E-state index contributed by atoms with van der Waals surface area (Å²) in [6, 6.07) is 12.0. The van der Waals surface area contributed by atoms with Crippen LogP contribution in [0.2, 0.25) is 5.02 Å². The number of nitrogens with zero attached hydrogens (tertiary/aromatic N) is 3. The van der Waals surface area contributed by atoms with Crippen LogP contribution in [0.3, 0.4) is 0 Å². The van der Waals surface area contributed by atoms with Gasteiger partial charge in [0.1, 0.15) is 12.4 Å². The maximum atomic E-state index is 12.5. The molecule has 9 nitrogen and oxygen atoms in total. The molecule has 0 radical (unpaired) electrons. The van der Waals surface area contributed by atoms with E-state index in [0.29, 0.717) is 54.3 Å². The number of piperidine rings is 1. The number of methoxy groups -OCH3 is 1. The molecule has 210 valence electrons. The third-order valence-corrected chi connectivity index (χ3v) is 8.28. The number of halogens is 1. The molecule has 2 aromatic carbocycles. The maximum absolute atomic E-state index is 12.5. The summed E-state index contributed by atoms with van der Waals surface area (Å²) in [4.78, 5) is 35.0. The molecule has 3 N–H and O–H groups in total. The van der Waals surface area contributed by atoms with Crippen molar-refractivity contribution in [1.29, 1.82) is 0 Å². The van der Waals surface area contributed by atoms with Crippen molar-refractivity contribution < 1.29 is 19.4 Å². The first-order valence-electron chi connectivity index (χ1n) is 13.5. The predicted octanol–water partition coefficient (Wildman–Crippen LogP) is 4.60. The van der Waals surface area contributed by atoms with Crippen LogP contribution < -0.4 is 15.4 Å². The van der Waals surface area contributed by atoms with E-state index in [-0.39, 0.29) is 11.8 Å². The van der Waals surface area contributed by atoms with E-state index in [0.717, 1.165) is 40.9 Å². The van der Waals surface area contributed by atoms with Gasteiger partial charge in [0, 0.05) is 18.8 Å². The highest BCUT2D eigenvalue weighted by Crippen LogP contribution is 2.40. The highest BCUT2D eigenvalue weighted by atomic mass is 35.5. The zero-order valence-electron chi connectivity index (χ0n) is 23.0. The van der Waals surface area contributed by atoms with Crippen LogP contribution in [0.15, 0.2) is 42.6 Å². The Morgan fingerprint density at radius 3 is 2.73 bits per heavy atom. The Bertz CT molecular complexity index is 1440. The number of aliphatic hydroxyl groups is 1. The van der Waals surface area contributed by atoms with Gasteiger partial charge in [0.05, 0.1) is 35.1 Å². The molecule has 40 heavy (non-hydrogen) atoms. The minimum atomic E-state index is -0.593. The number of rotatable bonds is 8. The molecular formula is C30H34ClN5O4. The van der Waals surface area contributed by atoms with Crippen molar-refractivity contribution in [3.05, 3.63) is 70.0 Å². The molecule has 2 amide bonds. The van der Waals surface area contributed by atoms with Gasteiger partial charge in [0.25, 0.3) is 0 Å². The van der Waals surface area contributed by atoms with E-state index in [1.807, 2.05) is 38.1 Å². The topological polar surface area (TPSA) is 117 Å². The van der Waals surface area contributed by atoms with Gasteiger partial charge in [-0.15, -0.1) is 0 Å². The summed E-state index contributed by atoms with van der Waals surface area (Å²) < 4.78 is 5.68. The number of aromatic nitrogens is 2. The van der Waals surface area contributed by atoms with Crippen molar-refractivity contribution >= 4 is 40.7 Å². The minimum Gasteiger partial charge on any atom is -0.495 e. The van der Waals surface area contributed by atoms with Crippen LogP contribution in [0.1, 0.15) is 55.0 Å². The van der Waals surface area contributed by atoms with Crippen molar-refractivity contribution in [2.45, 2.75) is 50.9 Å². The molecule has 10 heteroatoms. The molecule has 0 unspecified atom stereocenters. The van der Waals surface area contributed by atoms with E-state index in [1.54, 1.807) is 18.2 Å². The van der Waals surface area contributed by atoms with Crippen LogP contribution >= 0.6 is 11.6 Å². The van der Waals surface area contributed by atoms with E-state index in [9.17, 15) is 9.59 Å². The number of hydrogen-bond donors (Lipinski definition) is 3. The second-order valence-corrected chi connectivity index (χ2v) is 11.2. The highest BCUT2D eigenvalue weighted by molar-refractivity contribution is 6.31. The Morgan fingerprint density at radius 1 is 1.23 bits per heavy atom. The Morgan fingerprint density at radius 2 is 2.00 bits per heavy atom. The van der Waals surface area contributed by atoms with Crippen LogP contribution in [0.25, 0.3) is 0 Å². The maximum Gasteiger partial charge on any atom is 0.248 e. The number of aliphatic hydroxyl groups excluding tert-OH is 1. The number of carbonyl (C=O) groups excluding carboxylic acids is 2. The highest BCUT2D eigenvalue weighted by Gasteiger charge is 2.39. The summed E-state index contributed by atoms with van der Waals surface area (Å²) in [5, 5.41) is 15.9. The second kappa shape index (κ2) is 11.4. The number of hydrogen-bond acceptors (Lipinski definition) is 7. The summed E-state index contributed by atoms with van der Waals surface area (Å²) in [7, 11) is 1.63. The molecule has 5 rings (SSSR count). The van der Waals surface area contributed by atoms with Crippen LogP contribution in [0.4, 0.5) is 17.3 Å². The van der Waals surface area contributed by atoms with Crippen LogP contribution in [-0.2, 0) is 27.8 Å². The van der Waals surface area contributed by atoms with Crippen LogP contribution in [-0.4, -0.2) is 58.6 Å². The zero-order chi connectivity index (χ0) is 28.4. The number of nitrogens with one attached hydrogen (secondary N) is 2. The van der Waals surface area contributed by atoms with E-state index < -0.39 is 12.0 Å². The third kappa shape index (κ3) is 5.48. The number of ether oxygens (including phenoxy) is 1. The molecule has 1 fully saturated rings. The molecule has 3 aromatic rings. The third-order valence-electron chi connectivity index (χ3n) is 7.97. The Labute approximate surface area is 238 Å². The Balaban J connectivity index is 1.29. The first-order valence-corrected chi connectivity index (χ1v) is 13.9. The van der Waals surface area contributed by atoms with Gasteiger partial charge in [-0.2, -0.15) is 0 Å². The SMILES string of the molecule is COc1cc(C2CCN(C(=O)CO)CC2)ccc1Nc1ncc(Cl)c(CCc2cccc3c2C(C)(C)C(=O)N3)n1. The summed E-state index contributed by atoms with van der Waals surface area (Å²) in [6.45, 7) is 4.69. The predicted molar refractivity (Wildman–Crippen MR) is 154 cm³/mol. The molecule has 0 spiro atoms. The fourth-order valence-corrected chi connectivity index (χ4v) is 5.87. The summed E-state index contributed by atoms with van der Waals surface area (Å²) in [5.41, 5.74) is 4.98. The van der Waals surface area contributed by atoms with E-state index in [1.165, 1.54) is 0 Å². The number of amides is 2. The Kier molecular flexibility index (Phi) is 7.96. The van der Waals surface area contributed by atoms with Gasteiger partial charge in [-0.3, -0.25) is 9.59 Å². The number of aryl methyl sites for hydroxylation is 2. The first kappa shape index (κ1) is 27.9. The summed E-state index contributed by atoms with van der Waals surface area (Å²) in [5.74, 6) is 1.17. The van der Waals surface area contributed by atoms with Gasteiger partial charge >= 0.3 is 0 Å². The van der Waals surface area contributed by atoms with Crippen molar-refractivity contribution in [1.82, 2.24) is 14.9 Å². The van der Waals surface area contributed by atoms with Crippen molar-refractivity contribution in [3.8, 4) is 5.75 Å². The van der Waals surface area contributed by atoms with Crippen LogP contribution in [0, 0.1) is 0 Å². The van der Waals surface area contributed by atoms with Crippen molar-refractivity contribution in [3.63, 3.8) is 0 Å². The van der Waals surface area contributed by atoms with Crippen molar-refractivity contribution in [2.75, 3.05) is 37.4 Å². The Hall–Kier alpha value is -3.69. The second-order valence-electron chi connectivity index (χ2n) is 10.8. The first-order chi connectivity index (χ1) is 19.2. The average molecular weight is 564 g/mol. The fraction of sp³-hybridized carbons (Fsp3) is 0.400. The number of benzene rings is 2. The van der Waals surface area contributed by atoms with Gasteiger partial charge in [-0.25, -0.2) is 9.97 Å².